The van der Waals surface area contributed by atoms with Crippen molar-refractivity contribution < 1.29 is 24.2 Å². The minimum Gasteiger partial charge on any atom is -0.449 e. The van der Waals surface area contributed by atoms with Crippen molar-refractivity contribution in [3.05, 3.63) is 34.9 Å². The standard InChI is InChI=1S/C24H36ClN3O5S/c1-14(2)10-18(21(30)27-19(22(31)34)11-15-8-9-26-20(15)29)28-23(32)33-13-24(3,4)16-6-5-7-17(25)12-16/h5-7,12,14-15,18-19,22,31,34H,8-11,13H2,1-4H3,(H,26,29)(H,27,30)(H,28,32)/t15-,18-,19-,22+/m0/s1. The van der Waals surface area contributed by atoms with Gasteiger partial charge in [-0.15, -0.1) is 12.6 Å². The van der Waals surface area contributed by atoms with Crippen LogP contribution < -0.4 is 16.0 Å². The Kier molecular flexibility index (Phi) is 10.5. The Balaban J connectivity index is 1.99. The molecule has 3 amide bonds. The smallest absolute Gasteiger partial charge is 0.407 e. The van der Waals surface area contributed by atoms with E-state index in [1.54, 1.807) is 6.07 Å². The second-order valence-electron chi connectivity index (χ2n) is 9.84. The predicted octanol–water partition coefficient (Wildman–Crippen LogP) is 3.02. The first-order chi connectivity index (χ1) is 15.9. The Morgan fingerprint density at radius 3 is 2.59 bits per heavy atom. The summed E-state index contributed by atoms with van der Waals surface area (Å²) in [6.45, 7) is 8.39. The van der Waals surface area contributed by atoms with Gasteiger partial charge in [-0.05, 0) is 42.9 Å². The Labute approximate surface area is 211 Å². The number of hydrogen-bond acceptors (Lipinski definition) is 6. The van der Waals surface area contributed by atoms with Gasteiger partial charge in [0, 0.05) is 22.9 Å². The fourth-order valence-corrected chi connectivity index (χ4v) is 4.23. The summed E-state index contributed by atoms with van der Waals surface area (Å²) < 4.78 is 5.45. The van der Waals surface area contributed by atoms with E-state index in [0.717, 1.165) is 5.56 Å². The number of ether oxygens (including phenoxy) is 1. The van der Waals surface area contributed by atoms with Crippen LogP contribution in [-0.4, -0.2) is 53.7 Å². The van der Waals surface area contributed by atoms with Gasteiger partial charge in [0.05, 0.1) is 6.04 Å². The maximum Gasteiger partial charge on any atom is 0.407 e. The van der Waals surface area contributed by atoms with Crippen LogP contribution in [0.3, 0.4) is 0 Å². The van der Waals surface area contributed by atoms with Crippen LogP contribution in [0.15, 0.2) is 24.3 Å². The molecule has 0 aliphatic carbocycles. The van der Waals surface area contributed by atoms with Gasteiger partial charge in [0.15, 0.2) is 0 Å². The monoisotopic (exact) mass is 513 g/mol. The molecule has 190 valence electrons. The van der Waals surface area contributed by atoms with Crippen molar-refractivity contribution in [1.82, 2.24) is 16.0 Å². The number of rotatable bonds is 11. The zero-order valence-electron chi connectivity index (χ0n) is 20.1. The Morgan fingerprint density at radius 1 is 1.32 bits per heavy atom. The quantitative estimate of drug-likeness (QED) is 0.230. The van der Waals surface area contributed by atoms with Crippen LogP contribution in [0.1, 0.15) is 52.5 Å². The third kappa shape index (κ3) is 8.67. The number of thiol groups is 1. The number of aliphatic hydroxyl groups excluding tert-OH is 1. The van der Waals surface area contributed by atoms with Crippen molar-refractivity contribution in [3.63, 3.8) is 0 Å². The molecule has 0 bridgehead atoms. The summed E-state index contributed by atoms with van der Waals surface area (Å²) in [5.74, 6) is -0.756. The van der Waals surface area contributed by atoms with Crippen molar-refractivity contribution >= 4 is 42.1 Å². The summed E-state index contributed by atoms with van der Waals surface area (Å²) in [7, 11) is 0. The minimum absolute atomic E-state index is 0.0873. The number of amides is 3. The second-order valence-corrected chi connectivity index (χ2v) is 10.8. The molecule has 0 unspecified atom stereocenters. The molecule has 8 nitrogen and oxygen atoms in total. The van der Waals surface area contributed by atoms with E-state index >= 15 is 0 Å². The molecule has 0 spiro atoms. The molecule has 10 heteroatoms. The first-order valence-electron chi connectivity index (χ1n) is 11.5. The van der Waals surface area contributed by atoms with Crippen LogP contribution in [0.5, 0.6) is 0 Å². The van der Waals surface area contributed by atoms with Crippen LogP contribution in [0.2, 0.25) is 5.02 Å². The largest absolute Gasteiger partial charge is 0.449 e. The molecule has 1 aliphatic heterocycles. The van der Waals surface area contributed by atoms with Gasteiger partial charge in [-0.3, -0.25) is 9.59 Å². The fourth-order valence-electron chi connectivity index (χ4n) is 3.84. The minimum atomic E-state index is -1.15. The molecule has 34 heavy (non-hydrogen) atoms. The number of hydrogen-bond donors (Lipinski definition) is 5. The number of carbonyl (C=O) groups is 3. The number of halogens is 1. The molecular weight excluding hydrogens is 478 g/mol. The van der Waals surface area contributed by atoms with E-state index in [1.807, 2.05) is 45.9 Å². The highest BCUT2D eigenvalue weighted by Gasteiger charge is 2.32. The lowest BCUT2D eigenvalue weighted by Gasteiger charge is -2.28. The molecule has 0 radical (unpaired) electrons. The Morgan fingerprint density at radius 2 is 2.03 bits per heavy atom. The summed E-state index contributed by atoms with van der Waals surface area (Å²) in [4.78, 5) is 37.5. The third-order valence-corrected chi connectivity index (χ3v) is 6.47. The van der Waals surface area contributed by atoms with Gasteiger partial charge >= 0.3 is 6.09 Å². The van der Waals surface area contributed by atoms with Crippen LogP contribution in [0.25, 0.3) is 0 Å². The van der Waals surface area contributed by atoms with E-state index in [1.165, 1.54) is 0 Å². The summed E-state index contributed by atoms with van der Waals surface area (Å²) >= 11 is 10.2. The summed E-state index contributed by atoms with van der Waals surface area (Å²) in [6, 6.07) is 5.75. The SMILES string of the molecule is CC(C)C[C@H](NC(=O)OCC(C)(C)c1cccc(Cl)c1)C(=O)N[C@@H](C[C@@H]1CCNC1=O)[C@H](O)S. The van der Waals surface area contributed by atoms with E-state index < -0.39 is 34.9 Å². The molecule has 4 N–H and O–H groups in total. The van der Waals surface area contributed by atoms with Gasteiger partial charge in [-0.25, -0.2) is 4.79 Å². The zero-order valence-corrected chi connectivity index (χ0v) is 21.8. The molecular formula is C24H36ClN3O5S. The van der Waals surface area contributed by atoms with Gasteiger partial charge in [0.25, 0.3) is 0 Å². The first kappa shape index (κ1) is 28.3. The van der Waals surface area contributed by atoms with E-state index in [-0.39, 0.29) is 30.8 Å². The summed E-state index contributed by atoms with van der Waals surface area (Å²) in [6.07, 6.45) is 0.551. The average Bonchev–Trinajstić information content (AvgIpc) is 3.15. The molecule has 1 aromatic carbocycles. The third-order valence-electron chi connectivity index (χ3n) is 5.87. The number of aliphatic hydroxyl groups is 1. The van der Waals surface area contributed by atoms with Gasteiger partial charge in [0.2, 0.25) is 11.8 Å². The van der Waals surface area contributed by atoms with Crippen LogP contribution in [-0.2, 0) is 19.7 Å². The predicted molar refractivity (Wildman–Crippen MR) is 135 cm³/mol. The highest BCUT2D eigenvalue weighted by Crippen LogP contribution is 2.26. The maximum absolute atomic E-state index is 13.0. The van der Waals surface area contributed by atoms with Gasteiger partial charge in [0.1, 0.15) is 18.1 Å². The summed E-state index contributed by atoms with van der Waals surface area (Å²) in [5, 5.41) is 18.8. The number of alkyl carbamates (subject to hydrolysis) is 1. The van der Waals surface area contributed by atoms with Crippen LogP contribution in [0, 0.1) is 11.8 Å². The van der Waals surface area contributed by atoms with Crippen molar-refractivity contribution in [1.29, 1.82) is 0 Å². The molecule has 2 rings (SSSR count). The average molecular weight is 514 g/mol. The van der Waals surface area contributed by atoms with E-state index in [2.05, 4.69) is 28.6 Å². The second kappa shape index (κ2) is 12.7. The number of nitrogens with one attached hydrogen (secondary N) is 3. The molecule has 1 aromatic rings. The molecule has 1 saturated heterocycles. The van der Waals surface area contributed by atoms with Crippen molar-refractivity contribution in [3.8, 4) is 0 Å². The first-order valence-corrected chi connectivity index (χ1v) is 12.4. The van der Waals surface area contributed by atoms with Gasteiger partial charge in [-0.1, -0.05) is 51.4 Å². The summed E-state index contributed by atoms with van der Waals surface area (Å²) in [5.41, 5.74) is -0.713. The number of benzene rings is 1. The lowest BCUT2D eigenvalue weighted by molar-refractivity contribution is -0.126. The molecule has 1 fully saturated rings. The van der Waals surface area contributed by atoms with Gasteiger partial charge < -0.3 is 25.8 Å². The molecule has 0 saturated carbocycles. The van der Waals surface area contributed by atoms with Crippen molar-refractivity contribution in [2.24, 2.45) is 11.8 Å². The lowest BCUT2D eigenvalue weighted by Crippen LogP contribution is -2.53. The lowest BCUT2D eigenvalue weighted by atomic mass is 9.86. The van der Waals surface area contributed by atoms with E-state index in [9.17, 15) is 19.5 Å². The van der Waals surface area contributed by atoms with E-state index in [4.69, 9.17) is 16.3 Å². The molecule has 1 heterocycles. The molecule has 1 aliphatic rings. The van der Waals surface area contributed by atoms with Crippen LogP contribution >= 0.6 is 24.2 Å². The van der Waals surface area contributed by atoms with E-state index in [0.29, 0.717) is 24.4 Å². The van der Waals surface area contributed by atoms with Gasteiger partial charge in [-0.2, -0.15) is 0 Å². The fraction of sp³-hybridized carbons (Fsp3) is 0.625. The van der Waals surface area contributed by atoms with Crippen molar-refractivity contribution in [2.75, 3.05) is 13.2 Å². The van der Waals surface area contributed by atoms with Crippen molar-refractivity contribution in [2.45, 2.75) is 69.9 Å². The van der Waals surface area contributed by atoms with Crippen LogP contribution in [0.4, 0.5) is 4.79 Å². The maximum atomic E-state index is 13.0. The topological polar surface area (TPSA) is 117 Å². The Hall–Kier alpha value is -1.97. The molecule has 4 atom stereocenters. The number of carbonyl (C=O) groups excluding carboxylic acids is 3. The normalized spacial score (nSPS) is 18.7. The molecule has 0 aromatic heterocycles. The highest BCUT2D eigenvalue weighted by molar-refractivity contribution is 7.80. The Bertz CT molecular complexity index is 865. The zero-order chi connectivity index (χ0) is 25.5. The highest BCUT2D eigenvalue weighted by atomic mass is 35.5.